The molecule has 2 aromatic heterocycles. The summed E-state index contributed by atoms with van der Waals surface area (Å²) in [4.78, 5) is 45.3. The van der Waals surface area contributed by atoms with Crippen LogP contribution in [-0.4, -0.2) is 80.3 Å². The van der Waals surface area contributed by atoms with Gasteiger partial charge in [0.25, 0.3) is 17.4 Å². The molecule has 0 radical (unpaired) electrons. The zero-order chi connectivity index (χ0) is 25.4. The number of fused-ring (bicyclic) bond motifs is 1. The normalized spacial score (nSPS) is 20.4. The molecule has 1 N–H and O–H groups in total. The van der Waals surface area contributed by atoms with Gasteiger partial charge in [-0.1, -0.05) is 6.07 Å². The van der Waals surface area contributed by atoms with Crippen molar-refractivity contribution in [1.82, 2.24) is 19.2 Å². The van der Waals surface area contributed by atoms with Crippen LogP contribution in [0.2, 0.25) is 0 Å². The number of non-ortho nitro benzene ring substituents is 1. The third kappa shape index (κ3) is 4.12. The van der Waals surface area contributed by atoms with E-state index in [1.807, 2.05) is 6.07 Å². The Morgan fingerprint density at radius 2 is 1.86 bits per heavy atom. The van der Waals surface area contributed by atoms with Gasteiger partial charge in [0.15, 0.2) is 5.76 Å². The number of pyridine rings is 1. The van der Waals surface area contributed by atoms with Gasteiger partial charge in [-0.05, 0) is 36.8 Å². The fourth-order valence-corrected chi connectivity index (χ4v) is 4.84. The maximum Gasteiger partial charge on any atom is 0.295 e. The third-order valence-electron chi connectivity index (χ3n) is 6.65. The fourth-order valence-electron chi connectivity index (χ4n) is 4.84. The number of ketones is 1. The van der Waals surface area contributed by atoms with E-state index in [1.54, 1.807) is 29.7 Å². The lowest BCUT2D eigenvalue weighted by Crippen LogP contribution is -2.42. The molecule has 186 valence electrons. The van der Waals surface area contributed by atoms with Crippen molar-refractivity contribution in [2.75, 3.05) is 39.4 Å². The number of imidazole rings is 1. The molecule has 3 aromatic rings. The Morgan fingerprint density at radius 3 is 2.56 bits per heavy atom. The predicted octanol–water partition coefficient (Wildman–Crippen LogP) is 2.30. The number of likely N-dealkylation sites (tertiary alicyclic amines) is 1. The van der Waals surface area contributed by atoms with Crippen LogP contribution in [0.3, 0.4) is 0 Å². The molecule has 0 bridgehead atoms. The van der Waals surface area contributed by atoms with Gasteiger partial charge in [-0.25, -0.2) is 4.98 Å². The number of ether oxygens (including phenoxy) is 1. The van der Waals surface area contributed by atoms with Crippen LogP contribution in [0.5, 0.6) is 0 Å². The van der Waals surface area contributed by atoms with Crippen LogP contribution in [0.25, 0.3) is 11.4 Å². The van der Waals surface area contributed by atoms with Gasteiger partial charge in [0.2, 0.25) is 0 Å². The smallest absolute Gasteiger partial charge is 0.295 e. The van der Waals surface area contributed by atoms with Crippen molar-refractivity contribution >= 4 is 28.8 Å². The molecule has 11 nitrogen and oxygen atoms in total. The van der Waals surface area contributed by atoms with E-state index in [2.05, 4.69) is 9.88 Å². The highest BCUT2D eigenvalue weighted by atomic mass is 16.6. The maximum absolute atomic E-state index is 13.3. The molecule has 0 saturated carbocycles. The van der Waals surface area contributed by atoms with E-state index in [1.165, 1.54) is 29.2 Å². The Morgan fingerprint density at radius 1 is 1.14 bits per heavy atom. The maximum atomic E-state index is 13.3. The van der Waals surface area contributed by atoms with Crippen molar-refractivity contribution in [3.63, 3.8) is 0 Å². The van der Waals surface area contributed by atoms with Crippen molar-refractivity contribution in [3.8, 4) is 0 Å². The molecule has 0 aliphatic carbocycles. The van der Waals surface area contributed by atoms with E-state index in [4.69, 9.17) is 4.74 Å². The Kier molecular flexibility index (Phi) is 6.25. The molecular weight excluding hydrogens is 466 g/mol. The second kappa shape index (κ2) is 9.51. The summed E-state index contributed by atoms with van der Waals surface area (Å²) < 4.78 is 7.05. The zero-order valence-electron chi connectivity index (χ0n) is 19.7. The van der Waals surface area contributed by atoms with Crippen LogP contribution in [0.1, 0.15) is 23.0 Å². The Hall–Kier alpha value is -4.09. The Labute approximate surface area is 206 Å². The summed E-state index contributed by atoms with van der Waals surface area (Å²) in [7, 11) is 0. The lowest BCUT2D eigenvalue weighted by atomic mass is 9.96. The number of aliphatic hydroxyl groups is 1. The molecular formula is C25H25N5O6. The number of aryl methyl sites for hydroxylation is 1. The monoisotopic (exact) mass is 491 g/mol. The van der Waals surface area contributed by atoms with E-state index in [0.29, 0.717) is 55.4 Å². The number of amides is 1. The van der Waals surface area contributed by atoms with E-state index in [9.17, 15) is 24.8 Å². The third-order valence-corrected chi connectivity index (χ3v) is 6.65. The number of rotatable bonds is 6. The molecule has 5 rings (SSSR count). The number of nitro groups is 1. The van der Waals surface area contributed by atoms with Gasteiger partial charge in [0.1, 0.15) is 11.3 Å². The zero-order valence-corrected chi connectivity index (χ0v) is 19.7. The van der Waals surface area contributed by atoms with E-state index in [-0.39, 0.29) is 23.6 Å². The second-order valence-corrected chi connectivity index (χ2v) is 8.77. The number of aromatic nitrogens is 2. The topological polar surface area (TPSA) is 131 Å². The van der Waals surface area contributed by atoms with Gasteiger partial charge >= 0.3 is 0 Å². The van der Waals surface area contributed by atoms with Crippen LogP contribution in [0, 0.1) is 17.0 Å². The molecule has 0 unspecified atom stereocenters. The van der Waals surface area contributed by atoms with Crippen LogP contribution >= 0.6 is 0 Å². The molecule has 1 atom stereocenters. The largest absolute Gasteiger partial charge is 0.505 e. The molecule has 2 saturated heterocycles. The van der Waals surface area contributed by atoms with Gasteiger partial charge in [-0.15, -0.1) is 0 Å². The molecule has 1 aromatic carbocycles. The first-order valence-corrected chi connectivity index (χ1v) is 11.6. The number of carbonyl (C=O) groups is 2. The standard InChI is InChI=1S/C25H25N5O6/c1-16-21(28-9-3-2-4-19(28)26-16)23(31)20-22(17-5-7-18(8-6-17)30(34)35)29(25(33)24(20)32)11-10-27-12-14-36-15-13-27/h2-9,22,31H,10-15H2,1H3/t22-/m1/s1. The average molecular weight is 492 g/mol. The summed E-state index contributed by atoms with van der Waals surface area (Å²) in [6, 6.07) is 10.2. The van der Waals surface area contributed by atoms with Gasteiger partial charge in [0, 0.05) is 44.5 Å². The van der Waals surface area contributed by atoms with Crippen LogP contribution in [0.4, 0.5) is 5.69 Å². The molecule has 36 heavy (non-hydrogen) atoms. The molecule has 2 aliphatic heterocycles. The van der Waals surface area contributed by atoms with Crippen LogP contribution < -0.4 is 0 Å². The summed E-state index contributed by atoms with van der Waals surface area (Å²) >= 11 is 0. The van der Waals surface area contributed by atoms with Gasteiger partial charge in [0.05, 0.1) is 35.4 Å². The minimum atomic E-state index is -0.902. The number of aliphatic hydroxyl groups excluding tert-OH is 1. The fraction of sp³-hybridized carbons (Fsp3) is 0.320. The number of hydrogen-bond acceptors (Lipinski definition) is 8. The second-order valence-electron chi connectivity index (χ2n) is 8.77. The summed E-state index contributed by atoms with van der Waals surface area (Å²) in [5.74, 6) is -1.86. The lowest BCUT2D eigenvalue weighted by Gasteiger charge is -2.31. The predicted molar refractivity (Wildman–Crippen MR) is 129 cm³/mol. The minimum absolute atomic E-state index is 0.0652. The van der Waals surface area contributed by atoms with E-state index >= 15 is 0 Å². The average Bonchev–Trinajstić information content (AvgIpc) is 3.35. The molecule has 11 heteroatoms. The van der Waals surface area contributed by atoms with Gasteiger partial charge < -0.3 is 14.7 Å². The Balaban J connectivity index is 1.61. The van der Waals surface area contributed by atoms with E-state index in [0.717, 1.165) is 0 Å². The van der Waals surface area contributed by atoms with Gasteiger partial charge in [-0.3, -0.25) is 29.0 Å². The highest BCUT2D eigenvalue weighted by Gasteiger charge is 2.46. The van der Waals surface area contributed by atoms with Crippen molar-refractivity contribution in [3.05, 3.63) is 81.3 Å². The number of nitrogens with zero attached hydrogens (tertiary/aromatic N) is 5. The summed E-state index contributed by atoms with van der Waals surface area (Å²) in [6.45, 7) is 5.11. The number of morpholine rings is 1. The number of nitro benzene ring substituents is 1. The Bertz CT molecular complexity index is 1370. The first-order valence-electron chi connectivity index (χ1n) is 11.6. The first-order chi connectivity index (χ1) is 17.4. The van der Waals surface area contributed by atoms with Crippen molar-refractivity contribution in [2.24, 2.45) is 0 Å². The van der Waals surface area contributed by atoms with E-state index < -0.39 is 22.7 Å². The molecule has 2 fully saturated rings. The van der Waals surface area contributed by atoms with Crippen molar-refractivity contribution in [2.45, 2.75) is 13.0 Å². The minimum Gasteiger partial charge on any atom is -0.505 e. The lowest BCUT2D eigenvalue weighted by molar-refractivity contribution is -0.384. The summed E-state index contributed by atoms with van der Waals surface area (Å²) in [6.07, 6.45) is 1.72. The van der Waals surface area contributed by atoms with Crippen molar-refractivity contribution < 1.29 is 24.4 Å². The van der Waals surface area contributed by atoms with Crippen LogP contribution in [0.15, 0.2) is 54.2 Å². The number of Topliss-reactive ketones (excluding diaryl/α,β-unsaturated/α-hetero) is 1. The highest BCUT2D eigenvalue weighted by molar-refractivity contribution is 6.46. The quantitative estimate of drug-likeness (QED) is 0.183. The molecule has 4 heterocycles. The summed E-state index contributed by atoms with van der Waals surface area (Å²) in [5.41, 5.74) is 1.73. The van der Waals surface area contributed by atoms with Gasteiger partial charge in [-0.2, -0.15) is 0 Å². The highest BCUT2D eigenvalue weighted by Crippen LogP contribution is 2.40. The number of carbonyl (C=O) groups excluding carboxylic acids is 2. The number of benzene rings is 1. The molecule has 1 amide bonds. The van der Waals surface area contributed by atoms with Crippen LogP contribution in [-0.2, 0) is 14.3 Å². The molecule has 0 spiro atoms. The summed E-state index contributed by atoms with van der Waals surface area (Å²) in [5, 5.41) is 22.7. The molecule has 2 aliphatic rings. The SMILES string of the molecule is Cc1nc2ccccn2c1C(O)=C1C(=O)C(=O)N(CCN2CCOCC2)[C@@H]1c1ccc([N+](=O)[O-])cc1. The first kappa shape index (κ1) is 23.6. The van der Waals surface area contributed by atoms with Crippen molar-refractivity contribution in [1.29, 1.82) is 0 Å². The number of hydrogen-bond donors (Lipinski definition) is 1.